The fourth-order valence-corrected chi connectivity index (χ4v) is 2.37. The maximum Gasteiger partial charge on any atom is 0.230 e. The van der Waals surface area contributed by atoms with Gasteiger partial charge in [0.1, 0.15) is 11.6 Å². The van der Waals surface area contributed by atoms with E-state index in [9.17, 15) is 0 Å². The number of aromatic nitrogens is 6. The van der Waals surface area contributed by atoms with Crippen molar-refractivity contribution in [3.63, 3.8) is 0 Å². The fourth-order valence-electron chi connectivity index (χ4n) is 2.37. The molecule has 10 nitrogen and oxygen atoms in total. The van der Waals surface area contributed by atoms with Gasteiger partial charge in [0.05, 0.1) is 0 Å². The molecule has 0 aromatic carbocycles. The van der Waals surface area contributed by atoms with Gasteiger partial charge in [-0.15, -0.1) is 0 Å². The third-order valence-electron chi connectivity index (χ3n) is 3.35. The molecule has 3 heterocycles. The average Bonchev–Trinajstić information content (AvgIpc) is 2.45. The van der Waals surface area contributed by atoms with Crippen LogP contribution in [-0.2, 0) is 0 Å². The number of aryl methyl sites for hydroxylation is 2. The molecule has 3 rings (SSSR count). The van der Waals surface area contributed by atoms with E-state index in [1.54, 1.807) is 13.8 Å². The number of nitrogens with zero attached hydrogens (tertiary/aromatic N) is 8. The van der Waals surface area contributed by atoms with Crippen LogP contribution >= 0.6 is 0 Å². The smallest absolute Gasteiger partial charge is 0.230 e. The Morgan fingerprint density at radius 2 is 1.00 bits per heavy atom. The summed E-state index contributed by atoms with van der Waals surface area (Å²) in [5.74, 6) is 2.93. The van der Waals surface area contributed by atoms with Gasteiger partial charge < -0.3 is 21.3 Å². The SMILES string of the molecule is Cc1nc(N)nc(N2CCN(c3nc(C)nc(N)n3)CC2)n1. The average molecular weight is 302 g/mol. The van der Waals surface area contributed by atoms with Crippen molar-refractivity contribution in [2.75, 3.05) is 47.4 Å². The van der Waals surface area contributed by atoms with Crippen molar-refractivity contribution in [1.29, 1.82) is 0 Å². The Balaban J connectivity index is 1.72. The number of hydrogen-bond donors (Lipinski definition) is 2. The van der Waals surface area contributed by atoms with Gasteiger partial charge in [0.2, 0.25) is 23.8 Å². The molecule has 0 aliphatic carbocycles. The fraction of sp³-hybridized carbons (Fsp3) is 0.500. The lowest BCUT2D eigenvalue weighted by Crippen LogP contribution is -2.48. The third-order valence-corrected chi connectivity index (χ3v) is 3.35. The molecule has 10 heteroatoms. The first-order valence-electron chi connectivity index (χ1n) is 6.97. The minimum absolute atomic E-state index is 0.241. The molecule has 0 saturated carbocycles. The molecule has 0 radical (unpaired) electrons. The summed E-state index contributed by atoms with van der Waals surface area (Å²) in [6.07, 6.45) is 0. The first kappa shape index (κ1) is 14.2. The van der Waals surface area contributed by atoms with Crippen molar-refractivity contribution in [2.45, 2.75) is 13.8 Å². The Labute approximate surface area is 127 Å². The first-order valence-corrected chi connectivity index (χ1v) is 6.97. The van der Waals surface area contributed by atoms with Crippen molar-refractivity contribution < 1.29 is 0 Å². The molecule has 0 amide bonds. The van der Waals surface area contributed by atoms with Gasteiger partial charge >= 0.3 is 0 Å². The summed E-state index contributed by atoms with van der Waals surface area (Å²) in [5.41, 5.74) is 11.4. The molecular formula is C12H18N10. The van der Waals surface area contributed by atoms with Crippen LogP contribution in [0.2, 0.25) is 0 Å². The van der Waals surface area contributed by atoms with Crippen molar-refractivity contribution in [3.05, 3.63) is 11.6 Å². The van der Waals surface area contributed by atoms with E-state index in [1.807, 2.05) is 0 Å². The van der Waals surface area contributed by atoms with Gasteiger partial charge in [-0.25, -0.2) is 0 Å². The first-order chi connectivity index (χ1) is 10.5. The van der Waals surface area contributed by atoms with Gasteiger partial charge in [0, 0.05) is 26.2 Å². The van der Waals surface area contributed by atoms with Crippen LogP contribution in [0.15, 0.2) is 0 Å². The van der Waals surface area contributed by atoms with Crippen LogP contribution < -0.4 is 21.3 Å². The second kappa shape index (κ2) is 5.54. The van der Waals surface area contributed by atoms with Crippen LogP contribution in [0.5, 0.6) is 0 Å². The van der Waals surface area contributed by atoms with E-state index in [-0.39, 0.29) is 11.9 Å². The highest BCUT2D eigenvalue weighted by atomic mass is 15.4. The molecule has 0 atom stereocenters. The number of hydrogen-bond acceptors (Lipinski definition) is 10. The van der Waals surface area contributed by atoms with Gasteiger partial charge in [-0.2, -0.15) is 29.9 Å². The maximum atomic E-state index is 5.68. The Kier molecular flexibility index (Phi) is 3.57. The Morgan fingerprint density at radius 1 is 0.636 bits per heavy atom. The van der Waals surface area contributed by atoms with E-state index < -0.39 is 0 Å². The maximum absolute atomic E-state index is 5.68. The van der Waals surface area contributed by atoms with Crippen molar-refractivity contribution in [1.82, 2.24) is 29.9 Å². The second-order valence-electron chi connectivity index (χ2n) is 5.06. The number of piperazine rings is 1. The molecule has 1 fully saturated rings. The van der Waals surface area contributed by atoms with Gasteiger partial charge in [-0.05, 0) is 13.8 Å². The zero-order valence-corrected chi connectivity index (χ0v) is 12.6. The molecule has 0 spiro atoms. The highest BCUT2D eigenvalue weighted by Gasteiger charge is 2.22. The predicted molar refractivity (Wildman–Crippen MR) is 82.4 cm³/mol. The molecule has 1 aliphatic heterocycles. The second-order valence-corrected chi connectivity index (χ2v) is 5.06. The lowest BCUT2D eigenvalue weighted by atomic mass is 10.3. The lowest BCUT2D eigenvalue weighted by Gasteiger charge is -2.34. The molecule has 0 bridgehead atoms. The molecule has 0 unspecified atom stereocenters. The van der Waals surface area contributed by atoms with E-state index in [2.05, 4.69) is 39.7 Å². The van der Waals surface area contributed by atoms with Crippen LogP contribution in [0.25, 0.3) is 0 Å². The molecule has 22 heavy (non-hydrogen) atoms. The van der Waals surface area contributed by atoms with Crippen LogP contribution in [0.1, 0.15) is 11.6 Å². The predicted octanol–water partition coefficient (Wildman–Crippen LogP) is -0.836. The van der Waals surface area contributed by atoms with E-state index in [4.69, 9.17) is 11.5 Å². The summed E-state index contributed by atoms with van der Waals surface area (Å²) in [5, 5.41) is 0. The number of rotatable bonds is 2. The van der Waals surface area contributed by atoms with Gasteiger partial charge in [-0.1, -0.05) is 0 Å². The van der Waals surface area contributed by atoms with Crippen molar-refractivity contribution in [3.8, 4) is 0 Å². The number of anilines is 4. The van der Waals surface area contributed by atoms with Crippen molar-refractivity contribution in [2.24, 2.45) is 0 Å². The molecule has 1 saturated heterocycles. The summed E-state index contributed by atoms with van der Waals surface area (Å²) in [4.78, 5) is 29.1. The minimum Gasteiger partial charge on any atom is -0.368 e. The molecule has 4 N–H and O–H groups in total. The van der Waals surface area contributed by atoms with E-state index >= 15 is 0 Å². The summed E-state index contributed by atoms with van der Waals surface area (Å²) in [6, 6.07) is 0. The van der Waals surface area contributed by atoms with Crippen LogP contribution in [0.3, 0.4) is 0 Å². The molecule has 2 aromatic heterocycles. The van der Waals surface area contributed by atoms with Crippen molar-refractivity contribution >= 4 is 23.8 Å². The normalized spacial score (nSPS) is 15.2. The molecular weight excluding hydrogens is 284 g/mol. The monoisotopic (exact) mass is 302 g/mol. The Bertz CT molecular complexity index is 580. The van der Waals surface area contributed by atoms with Crippen LogP contribution in [0.4, 0.5) is 23.8 Å². The Hall–Kier alpha value is -2.78. The summed E-state index contributed by atoms with van der Waals surface area (Å²) in [7, 11) is 0. The van der Waals surface area contributed by atoms with Gasteiger partial charge in [-0.3, -0.25) is 0 Å². The zero-order chi connectivity index (χ0) is 15.7. The summed E-state index contributed by atoms with van der Waals surface area (Å²) < 4.78 is 0. The largest absolute Gasteiger partial charge is 0.368 e. The van der Waals surface area contributed by atoms with Crippen LogP contribution in [-0.4, -0.2) is 56.1 Å². The zero-order valence-electron chi connectivity index (χ0n) is 12.6. The van der Waals surface area contributed by atoms with E-state index in [0.717, 1.165) is 26.2 Å². The minimum atomic E-state index is 0.241. The molecule has 116 valence electrons. The summed E-state index contributed by atoms with van der Waals surface area (Å²) in [6.45, 7) is 6.57. The van der Waals surface area contributed by atoms with E-state index in [0.29, 0.717) is 23.5 Å². The lowest BCUT2D eigenvalue weighted by molar-refractivity contribution is 0.624. The van der Waals surface area contributed by atoms with E-state index in [1.165, 1.54) is 0 Å². The standard InChI is InChI=1S/C12H18N10/c1-7-15-9(13)19-11(17-7)21-3-5-22(6-4-21)12-18-8(2)16-10(14)20-12/h3-6H2,1-2H3,(H2,13,15,17,19)(H2,14,16,18,20). The van der Waals surface area contributed by atoms with Gasteiger partial charge in [0.25, 0.3) is 0 Å². The molecule has 1 aliphatic rings. The highest BCUT2D eigenvalue weighted by molar-refractivity contribution is 5.41. The Morgan fingerprint density at radius 3 is 1.32 bits per heavy atom. The van der Waals surface area contributed by atoms with Gasteiger partial charge in [0.15, 0.2) is 0 Å². The topological polar surface area (TPSA) is 136 Å². The molecule has 2 aromatic rings. The number of nitrogens with two attached hydrogens (primary N) is 2. The van der Waals surface area contributed by atoms with Crippen LogP contribution in [0, 0.1) is 13.8 Å². The third kappa shape index (κ3) is 2.95. The quantitative estimate of drug-likeness (QED) is 0.722. The highest BCUT2D eigenvalue weighted by Crippen LogP contribution is 2.16. The number of nitrogen functional groups attached to an aromatic ring is 2. The summed E-state index contributed by atoms with van der Waals surface area (Å²) >= 11 is 0.